The molecule has 2 aromatic carbocycles. The minimum absolute atomic E-state index is 0.0544. The number of amides is 2. The topological polar surface area (TPSA) is 48.1 Å². The van der Waals surface area contributed by atoms with Gasteiger partial charge in [-0.15, -0.1) is 0 Å². The Bertz CT molecular complexity index is 959. The minimum Gasteiger partial charge on any atom is -0.361 e. The number of aromatic nitrogens is 1. The molecular formula is C23H26FN3O. The fourth-order valence-electron chi connectivity index (χ4n) is 4.17. The zero-order valence-corrected chi connectivity index (χ0v) is 16.1. The van der Waals surface area contributed by atoms with Crippen LogP contribution in [-0.4, -0.2) is 35.0 Å². The molecule has 0 radical (unpaired) electrons. The molecule has 0 spiro atoms. The fraction of sp³-hybridized carbons (Fsp3) is 0.348. The van der Waals surface area contributed by atoms with E-state index in [1.807, 2.05) is 24.0 Å². The summed E-state index contributed by atoms with van der Waals surface area (Å²) in [5.74, 6) is 0.249. The summed E-state index contributed by atoms with van der Waals surface area (Å²) in [4.78, 5) is 17.8. The maximum absolute atomic E-state index is 13.8. The standard InChI is InChI=1S/C23H26FN3O/c1-16(14-18-6-2-4-8-21(18)24)26-23(28)27-12-10-17(11-13-27)20-15-25-22-9-5-3-7-19(20)22/h2-9,15-17,25H,10-14H2,1H3,(H,26,28). The van der Waals surface area contributed by atoms with Crippen molar-refractivity contribution in [2.24, 2.45) is 0 Å². The van der Waals surface area contributed by atoms with Crippen LogP contribution in [0.25, 0.3) is 10.9 Å². The van der Waals surface area contributed by atoms with Gasteiger partial charge in [0.15, 0.2) is 0 Å². The number of piperidine rings is 1. The highest BCUT2D eigenvalue weighted by Crippen LogP contribution is 2.33. The molecule has 1 atom stereocenters. The van der Waals surface area contributed by atoms with Gasteiger partial charge in [0.1, 0.15) is 5.82 Å². The van der Waals surface area contributed by atoms with E-state index in [2.05, 4.69) is 34.7 Å². The van der Waals surface area contributed by atoms with Gasteiger partial charge in [-0.05, 0) is 55.4 Å². The zero-order chi connectivity index (χ0) is 19.5. The molecule has 2 heterocycles. The maximum atomic E-state index is 13.8. The predicted octanol–water partition coefficient (Wildman–Crippen LogP) is 4.83. The first-order valence-electron chi connectivity index (χ1n) is 9.96. The van der Waals surface area contributed by atoms with E-state index in [-0.39, 0.29) is 17.9 Å². The van der Waals surface area contributed by atoms with Crippen LogP contribution >= 0.6 is 0 Å². The average Bonchev–Trinajstić information content (AvgIpc) is 3.14. The predicted molar refractivity (Wildman–Crippen MR) is 110 cm³/mol. The number of benzene rings is 2. The molecule has 1 aromatic heterocycles. The number of H-pyrrole nitrogens is 1. The molecule has 0 bridgehead atoms. The molecule has 2 amide bonds. The molecule has 28 heavy (non-hydrogen) atoms. The summed E-state index contributed by atoms with van der Waals surface area (Å²) in [6.45, 7) is 3.40. The van der Waals surface area contributed by atoms with Crippen molar-refractivity contribution in [3.05, 3.63) is 71.7 Å². The number of fused-ring (bicyclic) bond motifs is 1. The quantitative estimate of drug-likeness (QED) is 0.670. The van der Waals surface area contributed by atoms with Gasteiger partial charge in [0, 0.05) is 36.2 Å². The van der Waals surface area contributed by atoms with Crippen LogP contribution in [0.2, 0.25) is 0 Å². The highest BCUT2D eigenvalue weighted by molar-refractivity contribution is 5.83. The van der Waals surface area contributed by atoms with Crippen molar-refractivity contribution in [2.45, 2.75) is 38.1 Å². The summed E-state index contributed by atoms with van der Waals surface area (Å²) in [7, 11) is 0. The number of urea groups is 1. The molecule has 1 aliphatic heterocycles. The first-order chi connectivity index (χ1) is 13.6. The highest BCUT2D eigenvalue weighted by Gasteiger charge is 2.26. The van der Waals surface area contributed by atoms with Crippen LogP contribution < -0.4 is 5.32 Å². The van der Waals surface area contributed by atoms with E-state index in [0.717, 1.165) is 25.9 Å². The first-order valence-corrected chi connectivity index (χ1v) is 9.96. The van der Waals surface area contributed by atoms with Gasteiger partial charge in [0.2, 0.25) is 0 Å². The Morgan fingerprint density at radius 2 is 1.89 bits per heavy atom. The van der Waals surface area contributed by atoms with Gasteiger partial charge in [0.05, 0.1) is 0 Å². The largest absolute Gasteiger partial charge is 0.361 e. The second kappa shape index (κ2) is 8.05. The zero-order valence-electron chi connectivity index (χ0n) is 16.1. The third-order valence-electron chi connectivity index (χ3n) is 5.70. The molecule has 1 fully saturated rings. The molecule has 5 heteroatoms. The van der Waals surface area contributed by atoms with Crippen molar-refractivity contribution in [1.29, 1.82) is 0 Å². The number of hydrogen-bond donors (Lipinski definition) is 2. The third kappa shape index (κ3) is 3.88. The Morgan fingerprint density at radius 3 is 2.68 bits per heavy atom. The van der Waals surface area contributed by atoms with Crippen molar-refractivity contribution >= 4 is 16.9 Å². The molecule has 4 nitrogen and oxygen atoms in total. The van der Waals surface area contributed by atoms with Gasteiger partial charge in [-0.25, -0.2) is 9.18 Å². The summed E-state index contributed by atoms with van der Waals surface area (Å²) < 4.78 is 13.8. The molecule has 0 saturated carbocycles. The molecule has 1 aliphatic rings. The van der Waals surface area contributed by atoms with Crippen LogP contribution in [0, 0.1) is 5.82 Å². The number of hydrogen-bond acceptors (Lipinski definition) is 1. The number of rotatable bonds is 4. The van der Waals surface area contributed by atoms with E-state index in [1.54, 1.807) is 12.1 Å². The van der Waals surface area contributed by atoms with Crippen LogP contribution in [0.5, 0.6) is 0 Å². The Morgan fingerprint density at radius 1 is 1.18 bits per heavy atom. The number of nitrogens with one attached hydrogen (secondary N) is 2. The number of nitrogens with zero attached hydrogens (tertiary/aromatic N) is 1. The van der Waals surface area contributed by atoms with E-state index in [0.29, 0.717) is 17.9 Å². The van der Waals surface area contributed by atoms with Crippen LogP contribution in [0.3, 0.4) is 0 Å². The lowest BCUT2D eigenvalue weighted by Crippen LogP contribution is -2.47. The van der Waals surface area contributed by atoms with Crippen molar-refractivity contribution in [3.63, 3.8) is 0 Å². The molecule has 1 saturated heterocycles. The first kappa shape index (κ1) is 18.5. The molecular weight excluding hydrogens is 353 g/mol. The van der Waals surface area contributed by atoms with Crippen molar-refractivity contribution < 1.29 is 9.18 Å². The normalized spacial score (nSPS) is 16.3. The Hall–Kier alpha value is -2.82. The van der Waals surface area contributed by atoms with Crippen molar-refractivity contribution in [2.75, 3.05) is 13.1 Å². The average molecular weight is 379 g/mol. The van der Waals surface area contributed by atoms with Gasteiger partial charge in [0.25, 0.3) is 0 Å². The lowest BCUT2D eigenvalue weighted by molar-refractivity contribution is 0.178. The van der Waals surface area contributed by atoms with Crippen LogP contribution in [0.1, 0.15) is 36.8 Å². The number of halogens is 1. The number of carbonyl (C=O) groups excluding carboxylic acids is 1. The second-order valence-corrected chi connectivity index (χ2v) is 7.70. The summed E-state index contributed by atoms with van der Waals surface area (Å²) in [5.41, 5.74) is 3.15. The van der Waals surface area contributed by atoms with E-state index in [9.17, 15) is 9.18 Å². The van der Waals surface area contributed by atoms with E-state index < -0.39 is 0 Å². The Labute approximate surface area is 164 Å². The lowest BCUT2D eigenvalue weighted by Gasteiger charge is -2.33. The second-order valence-electron chi connectivity index (χ2n) is 7.70. The Kier molecular flexibility index (Phi) is 5.33. The Balaban J connectivity index is 1.32. The SMILES string of the molecule is CC(Cc1ccccc1F)NC(=O)N1CCC(c2c[nH]c3ccccc23)CC1. The van der Waals surface area contributed by atoms with Crippen molar-refractivity contribution in [1.82, 2.24) is 15.2 Å². The van der Waals surface area contributed by atoms with E-state index >= 15 is 0 Å². The molecule has 0 aliphatic carbocycles. The number of carbonyl (C=O) groups is 1. The summed E-state index contributed by atoms with van der Waals surface area (Å²) >= 11 is 0. The molecule has 3 aromatic rings. The van der Waals surface area contributed by atoms with Crippen molar-refractivity contribution in [3.8, 4) is 0 Å². The van der Waals surface area contributed by atoms with Crippen LogP contribution in [-0.2, 0) is 6.42 Å². The van der Waals surface area contributed by atoms with Gasteiger partial charge < -0.3 is 15.2 Å². The van der Waals surface area contributed by atoms with Crippen LogP contribution in [0.4, 0.5) is 9.18 Å². The highest BCUT2D eigenvalue weighted by atomic mass is 19.1. The monoisotopic (exact) mass is 379 g/mol. The molecule has 146 valence electrons. The van der Waals surface area contributed by atoms with Gasteiger partial charge in [-0.1, -0.05) is 36.4 Å². The lowest BCUT2D eigenvalue weighted by atomic mass is 9.89. The molecule has 1 unspecified atom stereocenters. The summed E-state index contributed by atoms with van der Waals surface area (Å²) in [5, 5.41) is 4.30. The fourth-order valence-corrected chi connectivity index (χ4v) is 4.17. The number of likely N-dealkylation sites (tertiary alicyclic amines) is 1. The third-order valence-corrected chi connectivity index (χ3v) is 5.70. The van der Waals surface area contributed by atoms with E-state index in [4.69, 9.17) is 0 Å². The van der Waals surface area contributed by atoms with Crippen LogP contribution in [0.15, 0.2) is 54.7 Å². The number of para-hydroxylation sites is 1. The summed E-state index contributed by atoms with van der Waals surface area (Å²) in [6, 6.07) is 14.9. The maximum Gasteiger partial charge on any atom is 0.317 e. The smallest absolute Gasteiger partial charge is 0.317 e. The minimum atomic E-state index is -0.219. The van der Waals surface area contributed by atoms with Gasteiger partial charge >= 0.3 is 6.03 Å². The van der Waals surface area contributed by atoms with Gasteiger partial charge in [-0.2, -0.15) is 0 Å². The molecule has 2 N–H and O–H groups in total. The van der Waals surface area contributed by atoms with E-state index in [1.165, 1.54) is 22.5 Å². The summed E-state index contributed by atoms with van der Waals surface area (Å²) in [6.07, 6.45) is 4.51. The number of aromatic amines is 1. The molecule has 4 rings (SSSR count). The van der Waals surface area contributed by atoms with Gasteiger partial charge in [-0.3, -0.25) is 0 Å².